The molecule has 21 heavy (non-hydrogen) atoms. The highest BCUT2D eigenvalue weighted by molar-refractivity contribution is 5.82. The van der Waals surface area contributed by atoms with Crippen LogP contribution in [0.25, 0.3) is 0 Å². The summed E-state index contributed by atoms with van der Waals surface area (Å²) in [7, 11) is 0. The lowest BCUT2D eigenvalue weighted by molar-refractivity contribution is -0.137. The van der Waals surface area contributed by atoms with Crippen LogP contribution in [0.2, 0.25) is 0 Å². The average molecular weight is 294 g/mol. The smallest absolute Gasteiger partial charge is 0.240 e. The molecule has 0 aromatic carbocycles. The topological polar surface area (TPSA) is 43.8 Å². The lowest BCUT2D eigenvalue weighted by Gasteiger charge is -2.34. The molecule has 0 aromatic rings. The summed E-state index contributed by atoms with van der Waals surface area (Å²) < 4.78 is 0. The van der Waals surface area contributed by atoms with Crippen LogP contribution in [-0.2, 0) is 4.79 Å². The quantitative estimate of drug-likeness (QED) is 0.843. The molecular formula is C17H30N2O2. The second-order valence-corrected chi connectivity index (χ2v) is 7.06. The molecule has 0 aromatic heterocycles. The van der Waals surface area contributed by atoms with Crippen molar-refractivity contribution in [2.75, 3.05) is 26.2 Å². The third-order valence-electron chi connectivity index (χ3n) is 5.78. The molecule has 2 atom stereocenters. The number of rotatable bonds is 5. The van der Waals surface area contributed by atoms with E-state index in [1.165, 1.54) is 38.5 Å². The molecule has 2 saturated heterocycles. The van der Waals surface area contributed by atoms with Crippen molar-refractivity contribution in [1.82, 2.24) is 9.80 Å². The number of likely N-dealkylation sites (tertiary alicyclic amines) is 2. The van der Waals surface area contributed by atoms with Crippen molar-refractivity contribution in [2.45, 2.75) is 69.9 Å². The van der Waals surface area contributed by atoms with E-state index in [-0.39, 0.29) is 12.6 Å². The van der Waals surface area contributed by atoms with Gasteiger partial charge in [-0.3, -0.25) is 9.69 Å². The minimum absolute atomic E-state index is 0.0959. The molecule has 1 amide bonds. The van der Waals surface area contributed by atoms with Gasteiger partial charge in [0.25, 0.3) is 0 Å². The van der Waals surface area contributed by atoms with Gasteiger partial charge >= 0.3 is 0 Å². The summed E-state index contributed by atoms with van der Waals surface area (Å²) in [6.07, 6.45) is 10.7. The predicted octanol–water partition coefficient (Wildman–Crippen LogP) is 2.01. The van der Waals surface area contributed by atoms with E-state index < -0.39 is 0 Å². The minimum Gasteiger partial charge on any atom is -0.396 e. The highest BCUT2D eigenvalue weighted by Gasteiger charge is 2.40. The van der Waals surface area contributed by atoms with E-state index in [2.05, 4.69) is 9.80 Å². The first-order chi connectivity index (χ1) is 10.3. The lowest BCUT2D eigenvalue weighted by atomic mass is 9.95. The Bertz CT molecular complexity index is 355. The van der Waals surface area contributed by atoms with E-state index in [0.717, 1.165) is 44.8 Å². The van der Waals surface area contributed by atoms with E-state index in [1.54, 1.807) is 0 Å². The van der Waals surface area contributed by atoms with Crippen LogP contribution in [0.3, 0.4) is 0 Å². The maximum absolute atomic E-state index is 13.0. The molecule has 1 saturated carbocycles. The minimum atomic E-state index is 0.0959. The standard InChI is InChI=1S/C17H30N2O2/c20-13-5-11-18-10-3-9-16(18)17(21)19-12-4-8-15(19)14-6-1-2-7-14/h14-16,20H,1-13H2/t15?,16-/m0/s1. The van der Waals surface area contributed by atoms with E-state index >= 15 is 0 Å². The second-order valence-electron chi connectivity index (χ2n) is 7.06. The lowest BCUT2D eigenvalue weighted by Crippen LogP contribution is -2.49. The molecule has 2 heterocycles. The highest BCUT2D eigenvalue weighted by atomic mass is 16.3. The Balaban J connectivity index is 1.62. The number of carbonyl (C=O) groups is 1. The molecule has 3 aliphatic rings. The SMILES string of the molecule is O=C([C@@H]1CCCN1CCCO)N1CCCC1C1CCCC1. The average Bonchev–Trinajstić information content (AvgIpc) is 3.23. The Kier molecular flexibility index (Phi) is 5.17. The van der Waals surface area contributed by atoms with Crippen LogP contribution in [0.15, 0.2) is 0 Å². The fourth-order valence-corrected chi connectivity index (χ4v) is 4.74. The van der Waals surface area contributed by atoms with Gasteiger partial charge in [-0.1, -0.05) is 12.8 Å². The van der Waals surface area contributed by atoms with Gasteiger partial charge in [0.15, 0.2) is 0 Å². The van der Waals surface area contributed by atoms with Crippen molar-refractivity contribution in [3.63, 3.8) is 0 Å². The van der Waals surface area contributed by atoms with Crippen molar-refractivity contribution < 1.29 is 9.90 Å². The maximum Gasteiger partial charge on any atom is 0.240 e. The van der Waals surface area contributed by atoms with Gasteiger partial charge in [-0.25, -0.2) is 0 Å². The Morgan fingerprint density at radius 2 is 1.76 bits per heavy atom. The monoisotopic (exact) mass is 294 g/mol. The van der Waals surface area contributed by atoms with E-state index in [1.807, 2.05) is 0 Å². The zero-order valence-electron chi connectivity index (χ0n) is 13.2. The maximum atomic E-state index is 13.0. The number of nitrogens with zero attached hydrogens (tertiary/aromatic N) is 2. The van der Waals surface area contributed by atoms with Gasteiger partial charge in [-0.2, -0.15) is 0 Å². The summed E-state index contributed by atoms with van der Waals surface area (Å²) in [5.41, 5.74) is 0. The van der Waals surface area contributed by atoms with Crippen molar-refractivity contribution in [3.05, 3.63) is 0 Å². The molecule has 3 rings (SSSR count). The molecule has 3 fully saturated rings. The molecule has 1 unspecified atom stereocenters. The first kappa shape index (κ1) is 15.3. The van der Waals surface area contributed by atoms with Crippen molar-refractivity contribution in [3.8, 4) is 0 Å². The largest absolute Gasteiger partial charge is 0.396 e. The predicted molar refractivity (Wildman–Crippen MR) is 83.0 cm³/mol. The van der Waals surface area contributed by atoms with Crippen LogP contribution in [-0.4, -0.2) is 59.1 Å². The second kappa shape index (κ2) is 7.10. The Hall–Kier alpha value is -0.610. The normalized spacial score (nSPS) is 31.4. The molecule has 4 heteroatoms. The van der Waals surface area contributed by atoms with Crippen LogP contribution in [0.1, 0.15) is 57.8 Å². The van der Waals surface area contributed by atoms with Gasteiger partial charge in [0, 0.05) is 25.7 Å². The molecule has 4 nitrogen and oxygen atoms in total. The van der Waals surface area contributed by atoms with Crippen molar-refractivity contribution in [2.24, 2.45) is 5.92 Å². The summed E-state index contributed by atoms with van der Waals surface area (Å²) in [6, 6.07) is 0.624. The summed E-state index contributed by atoms with van der Waals surface area (Å²) in [6.45, 7) is 3.10. The van der Waals surface area contributed by atoms with Gasteiger partial charge in [-0.15, -0.1) is 0 Å². The van der Waals surface area contributed by atoms with Crippen LogP contribution in [0.4, 0.5) is 0 Å². The highest BCUT2D eigenvalue weighted by Crippen LogP contribution is 2.36. The number of carbonyl (C=O) groups excluding carboxylic acids is 1. The van der Waals surface area contributed by atoms with E-state index in [0.29, 0.717) is 11.9 Å². The van der Waals surface area contributed by atoms with Crippen molar-refractivity contribution >= 4 is 5.91 Å². The molecule has 120 valence electrons. The van der Waals surface area contributed by atoms with Crippen molar-refractivity contribution in [1.29, 1.82) is 0 Å². The number of hydrogen-bond acceptors (Lipinski definition) is 3. The Morgan fingerprint density at radius 3 is 2.52 bits per heavy atom. The molecule has 0 spiro atoms. The number of aliphatic hydroxyl groups excluding tert-OH is 1. The number of amides is 1. The zero-order chi connectivity index (χ0) is 14.7. The number of hydrogen-bond donors (Lipinski definition) is 1. The van der Waals surface area contributed by atoms with Gasteiger partial charge in [0.1, 0.15) is 0 Å². The fourth-order valence-electron chi connectivity index (χ4n) is 4.74. The van der Waals surface area contributed by atoms with Crippen LogP contribution in [0.5, 0.6) is 0 Å². The van der Waals surface area contributed by atoms with E-state index in [4.69, 9.17) is 5.11 Å². The third kappa shape index (κ3) is 3.26. The fraction of sp³-hybridized carbons (Fsp3) is 0.941. The first-order valence-electron chi connectivity index (χ1n) is 8.96. The first-order valence-corrected chi connectivity index (χ1v) is 8.96. The molecule has 2 aliphatic heterocycles. The summed E-state index contributed by atoms with van der Waals surface area (Å²) in [4.78, 5) is 17.6. The van der Waals surface area contributed by atoms with Gasteiger partial charge in [-0.05, 0) is 57.4 Å². The Morgan fingerprint density at radius 1 is 1.00 bits per heavy atom. The summed E-state index contributed by atoms with van der Waals surface area (Å²) in [5.74, 6) is 1.16. The molecule has 0 bridgehead atoms. The third-order valence-corrected chi connectivity index (χ3v) is 5.78. The molecule has 1 N–H and O–H groups in total. The van der Waals surface area contributed by atoms with E-state index in [9.17, 15) is 4.79 Å². The van der Waals surface area contributed by atoms with Gasteiger partial charge in [0.05, 0.1) is 6.04 Å². The molecule has 1 aliphatic carbocycles. The van der Waals surface area contributed by atoms with Crippen LogP contribution < -0.4 is 0 Å². The van der Waals surface area contributed by atoms with Gasteiger partial charge in [0.2, 0.25) is 5.91 Å². The molecular weight excluding hydrogens is 264 g/mol. The Labute approximate surface area is 128 Å². The summed E-state index contributed by atoms with van der Waals surface area (Å²) >= 11 is 0. The van der Waals surface area contributed by atoms with Crippen LogP contribution >= 0.6 is 0 Å². The van der Waals surface area contributed by atoms with Gasteiger partial charge < -0.3 is 10.0 Å². The number of aliphatic hydroxyl groups is 1. The zero-order valence-corrected chi connectivity index (χ0v) is 13.2. The summed E-state index contributed by atoms with van der Waals surface area (Å²) in [5, 5.41) is 9.03. The molecule has 0 radical (unpaired) electrons. The van der Waals surface area contributed by atoms with Crippen LogP contribution in [0, 0.1) is 5.92 Å².